The summed E-state index contributed by atoms with van der Waals surface area (Å²) in [6.07, 6.45) is 5.35. The Morgan fingerprint density at radius 2 is 2.45 bits per heavy atom. The Labute approximate surface area is 66.2 Å². The van der Waals surface area contributed by atoms with Gasteiger partial charge in [0.1, 0.15) is 0 Å². The average molecular weight is 155 g/mol. The maximum atomic E-state index is 11.0. The molecule has 0 aromatic heterocycles. The van der Waals surface area contributed by atoms with Gasteiger partial charge in [0.2, 0.25) is 0 Å². The molecule has 0 amide bonds. The zero-order chi connectivity index (χ0) is 8.27. The number of methoxy groups -OCH3 is 1. The third kappa shape index (κ3) is 2.05. The number of carbonyl (C=O) groups is 1. The lowest BCUT2D eigenvalue weighted by atomic mass is 9.92. The maximum Gasteiger partial charge on any atom is 0.309 e. The molecule has 62 valence electrons. The third-order valence-corrected chi connectivity index (χ3v) is 1.90. The van der Waals surface area contributed by atoms with Crippen LogP contribution in [0.2, 0.25) is 0 Å². The Morgan fingerprint density at radius 1 is 1.73 bits per heavy atom. The summed E-state index contributed by atoms with van der Waals surface area (Å²) in [6.45, 7) is 0. The third-order valence-electron chi connectivity index (χ3n) is 1.90. The Bertz CT molecular complexity index is 177. The molecule has 0 heterocycles. The zero-order valence-corrected chi connectivity index (χ0v) is 6.62. The van der Waals surface area contributed by atoms with Crippen molar-refractivity contribution in [2.75, 3.05) is 7.11 Å². The molecular formula is C8H13NO2. The van der Waals surface area contributed by atoms with Gasteiger partial charge in [-0.15, -0.1) is 0 Å². The highest BCUT2D eigenvalue weighted by Crippen LogP contribution is 2.18. The van der Waals surface area contributed by atoms with Crippen molar-refractivity contribution >= 4 is 5.97 Å². The highest BCUT2D eigenvalue weighted by Gasteiger charge is 2.22. The second kappa shape index (κ2) is 3.53. The van der Waals surface area contributed by atoms with E-state index in [0.29, 0.717) is 6.42 Å². The molecule has 0 fully saturated rings. The van der Waals surface area contributed by atoms with Gasteiger partial charge in [0, 0.05) is 6.04 Å². The van der Waals surface area contributed by atoms with E-state index in [0.717, 1.165) is 6.42 Å². The molecule has 3 nitrogen and oxygen atoms in total. The average Bonchev–Trinajstić information content (AvgIpc) is 2.03. The number of esters is 1. The second-order valence-corrected chi connectivity index (χ2v) is 2.78. The van der Waals surface area contributed by atoms with E-state index < -0.39 is 0 Å². The van der Waals surface area contributed by atoms with E-state index in [1.54, 1.807) is 0 Å². The number of rotatable bonds is 1. The summed E-state index contributed by atoms with van der Waals surface area (Å²) in [7, 11) is 1.41. The normalized spacial score (nSPS) is 30.0. The largest absolute Gasteiger partial charge is 0.469 e. The van der Waals surface area contributed by atoms with Gasteiger partial charge >= 0.3 is 5.97 Å². The van der Waals surface area contributed by atoms with E-state index >= 15 is 0 Å². The molecule has 0 aliphatic heterocycles. The standard InChI is InChI=1S/C8H13NO2/c1-11-8(10)6-3-2-4-7(9)5-6/h2,4,6-7H,3,5,9H2,1H3/t6-,7+/m0/s1. The summed E-state index contributed by atoms with van der Waals surface area (Å²) in [5.74, 6) is -0.176. The first-order chi connectivity index (χ1) is 5.24. The second-order valence-electron chi connectivity index (χ2n) is 2.78. The van der Waals surface area contributed by atoms with Crippen molar-refractivity contribution in [2.45, 2.75) is 18.9 Å². The fourth-order valence-corrected chi connectivity index (χ4v) is 1.28. The fourth-order valence-electron chi connectivity index (χ4n) is 1.28. The number of carbonyl (C=O) groups excluding carboxylic acids is 1. The Balaban J connectivity index is 2.49. The number of ether oxygens (including phenoxy) is 1. The summed E-state index contributed by atoms with van der Waals surface area (Å²) in [5.41, 5.74) is 5.62. The van der Waals surface area contributed by atoms with Crippen molar-refractivity contribution in [3.63, 3.8) is 0 Å². The highest BCUT2D eigenvalue weighted by atomic mass is 16.5. The number of hydrogen-bond acceptors (Lipinski definition) is 3. The minimum Gasteiger partial charge on any atom is -0.469 e. The number of allylic oxidation sites excluding steroid dienone is 1. The van der Waals surface area contributed by atoms with E-state index in [1.165, 1.54) is 7.11 Å². The molecule has 0 aromatic rings. The molecule has 2 atom stereocenters. The van der Waals surface area contributed by atoms with Crippen LogP contribution >= 0.6 is 0 Å². The molecule has 1 aliphatic carbocycles. The highest BCUT2D eigenvalue weighted by molar-refractivity contribution is 5.72. The molecule has 3 heteroatoms. The van der Waals surface area contributed by atoms with Crippen LogP contribution in [0.5, 0.6) is 0 Å². The molecule has 0 spiro atoms. The lowest BCUT2D eigenvalue weighted by Crippen LogP contribution is -2.28. The van der Waals surface area contributed by atoms with Crippen LogP contribution in [0, 0.1) is 5.92 Å². The molecular weight excluding hydrogens is 142 g/mol. The van der Waals surface area contributed by atoms with Gasteiger partial charge in [-0.3, -0.25) is 4.79 Å². The molecule has 0 saturated carbocycles. The van der Waals surface area contributed by atoms with Crippen molar-refractivity contribution in [1.82, 2.24) is 0 Å². The van der Waals surface area contributed by atoms with Crippen LogP contribution in [0.4, 0.5) is 0 Å². The Morgan fingerprint density at radius 3 is 3.00 bits per heavy atom. The lowest BCUT2D eigenvalue weighted by Gasteiger charge is -2.19. The van der Waals surface area contributed by atoms with Crippen molar-refractivity contribution in [2.24, 2.45) is 11.7 Å². The van der Waals surface area contributed by atoms with E-state index in [1.807, 2.05) is 12.2 Å². The molecule has 0 saturated heterocycles. The fraction of sp³-hybridized carbons (Fsp3) is 0.625. The molecule has 11 heavy (non-hydrogen) atoms. The topological polar surface area (TPSA) is 52.3 Å². The van der Waals surface area contributed by atoms with E-state index in [-0.39, 0.29) is 17.9 Å². The quantitative estimate of drug-likeness (QED) is 0.442. The van der Waals surface area contributed by atoms with Gasteiger partial charge in [0.25, 0.3) is 0 Å². The van der Waals surface area contributed by atoms with Gasteiger partial charge in [0.05, 0.1) is 13.0 Å². The molecule has 1 rings (SSSR count). The lowest BCUT2D eigenvalue weighted by molar-refractivity contribution is -0.145. The van der Waals surface area contributed by atoms with Gasteiger partial charge in [-0.25, -0.2) is 0 Å². The van der Waals surface area contributed by atoms with E-state index in [2.05, 4.69) is 4.74 Å². The van der Waals surface area contributed by atoms with E-state index in [9.17, 15) is 4.79 Å². The minimum absolute atomic E-state index is 0.0212. The van der Waals surface area contributed by atoms with Crippen LogP contribution in [0.1, 0.15) is 12.8 Å². The first-order valence-electron chi connectivity index (χ1n) is 3.74. The Kier molecular flexibility index (Phi) is 2.65. The molecule has 0 aromatic carbocycles. The molecule has 0 bridgehead atoms. The summed E-state index contributed by atoms with van der Waals surface area (Å²) in [5, 5.41) is 0. The van der Waals surface area contributed by atoms with Crippen LogP contribution in [-0.4, -0.2) is 19.1 Å². The zero-order valence-electron chi connectivity index (χ0n) is 6.62. The SMILES string of the molecule is COC(=O)[C@H]1CC=C[C@@H](N)C1. The van der Waals surface area contributed by atoms with Crippen LogP contribution in [0.3, 0.4) is 0 Å². The number of hydrogen-bond donors (Lipinski definition) is 1. The van der Waals surface area contributed by atoms with Gasteiger partial charge < -0.3 is 10.5 Å². The van der Waals surface area contributed by atoms with Gasteiger partial charge in [-0.1, -0.05) is 12.2 Å². The van der Waals surface area contributed by atoms with Gasteiger partial charge in [-0.2, -0.15) is 0 Å². The summed E-state index contributed by atoms with van der Waals surface area (Å²) in [6, 6.07) is 0.0212. The smallest absolute Gasteiger partial charge is 0.309 e. The Hall–Kier alpha value is -0.830. The van der Waals surface area contributed by atoms with Crippen molar-refractivity contribution in [1.29, 1.82) is 0 Å². The van der Waals surface area contributed by atoms with Crippen LogP contribution in [-0.2, 0) is 9.53 Å². The molecule has 2 N–H and O–H groups in total. The van der Waals surface area contributed by atoms with E-state index in [4.69, 9.17) is 5.73 Å². The van der Waals surface area contributed by atoms with Gasteiger partial charge in [-0.05, 0) is 12.8 Å². The summed E-state index contributed by atoms with van der Waals surface area (Å²) < 4.78 is 4.61. The summed E-state index contributed by atoms with van der Waals surface area (Å²) >= 11 is 0. The summed E-state index contributed by atoms with van der Waals surface area (Å²) in [4.78, 5) is 11.0. The van der Waals surface area contributed by atoms with Crippen molar-refractivity contribution in [3.05, 3.63) is 12.2 Å². The van der Waals surface area contributed by atoms with Crippen LogP contribution in [0.15, 0.2) is 12.2 Å². The monoisotopic (exact) mass is 155 g/mol. The predicted molar refractivity (Wildman–Crippen MR) is 41.9 cm³/mol. The maximum absolute atomic E-state index is 11.0. The molecule has 1 aliphatic rings. The predicted octanol–water partition coefficient (Wildman–Crippen LogP) is 0.453. The van der Waals surface area contributed by atoms with Gasteiger partial charge in [0.15, 0.2) is 0 Å². The first kappa shape index (κ1) is 8.27. The molecule has 0 unspecified atom stereocenters. The first-order valence-corrected chi connectivity index (χ1v) is 3.74. The van der Waals surface area contributed by atoms with Crippen LogP contribution in [0.25, 0.3) is 0 Å². The molecule has 0 radical (unpaired) electrons. The minimum atomic E-state index is -0.148. The van der Waals surface area contributed by atoms with Crippen molar-refractivity contribution in [3.8, 4) is 0 Å². The van der Waals surface area contributed by atoms with Crippen LogP contribution < -0.4 is 5.73 Å². The van der Waals surface area contributed by atoms with Crippen molar-refractivity contribution < 1.29 is 9.53 Å². The number of nitrogens with two attached hydrogens (primary N) is 1.